The van der Waals surface area contributed by atoms with E-state index in [0.717, 1.165) is 0 Å². The topological polar surface area (TPSA) is 0 Å². The van der Waals surface area contributed by atoms with Crippen molar-refractivity contribution >= 4 is 96.1 Å². The summed E-state index contributed by atoms with van der Waals surface area (Å²) in [6.07, 6.45) is 0. The van der Waals surface area contributed by atoms with Gasteiger partial charge >= 0.3 is 0 Å². The van der Waals surface area contributed by atoms with Crippen LogP contribution >= 0.6 is 11.3 Å². The Morgan fingerprint density at radius 2 is 0.727 bits per heavy atom. The van der Waals surface area contributed by atoms with Gasteiger partial charge in [0.2, 0.25) is 0 Å². The van der Waals surface area contributed by atoms with Crippen LogP contribution in [0.3, 0.4) is 0 Å². The molecule has 55 heavy (non-hydrogen) atoms. The smallest absolute Gasteiger partial charge is 0.0440 e. The van der Waals surface area contributed by atoms with E-state index in [4.69, 9.17) is 0 Å². The van der Waals surface area contributed by atoms with Gasteiger partial charge < -0.3 is 0 Å². The van der Waals surface area contributed by atoms with Crippen molar-refractivity contribution in [3.05, 3.63) is 194 Å². The molecule has 0 nitrogen and oxygen atoms in total. The Balaban J connectivity index is 1.10. The van der Waals surface area contributed by atoms with Crippen LogP contribution in [0, 0.1) is 0 Å². The van der Waals surface area contributed by atoms with E-state index in [9.17, 15) is 0 Å². The second kappa shape index (κ2) is 11.9. The third kappa shape index (κ3) is 4.45. The van der Waals surface area contributed by atoms with Gasteiger partial charge in [-0.1, -0.05) is 188 Å². The number of hydrogen-bond acceptors (Lipinski definition) is 1. The van der Waals surface area contributed by atoms with Gasteiger partial charge in [0.25, 0.3) is 0 Å². The standard InChI is InChI=1S/C54H32S/c1-2-16-35-33(14-1)15-13-27-41(35)51-43-22-8-10-24-45(43)52(46-25-11-9-23-44(46)51)47-31-30-36(37-17-3-4-18-38(37)47)34-28-29-49-50(32-34)55-54-48-26-12-6-20-40(48)39-19-5-7-21-42(39)53(49)54/h1-32H. The van der Waals surface area contributed by atoms with Crippen LogP contribution < -0.4 is 0 Å². The molecule has 0 spiro atoms. The molecule has 0 saturated heterocycles. The fourth-order valence-electron chi connectivity index (χ4n) is 9.49. The summed E-state index contributed by atoms with van der Waals surface area (Å²) in [7, 11) is 0. The quantitative estimate of drug-likeness (QED) is 0.126. The highest BCUT2D eigenvalue weighted by molar-refractivity contribution is 7.27. The van der Waals surface area contributed by atoms with E-state index >= 15 is 0 Å². The van der Waals surface area contributed by atoms with Crippen LogP contribution in [0.1, 0.15) is 0 Å². The van der Waals surface area contributed by atoms with Gasteiger partial charge in [-0.05, 0) is 98.7 Å². The molecule has 12 rings (SSSR count). The molecule has 0 atom stereocenters. The van der Waals surface area contributed by atoms with Crippen LogP contribution in [-0.2, 0) is 0 Å². The summed E-state index contributed by atoms with van der Waals surface area (Å²) in [5.41, 5.74) is 7.62. The Kier molecular flexibility index (Phi) is 6.60. The summed E-state index contributed by atoms with van der Waals surface area (Å²) < 4.78 is 2.69. The van der Waals surface area contributed by atoms with Crippen molar-refractivity contribution in [2.24, 2.45) is 0 Å². The Bertz CT molecular complexity index is 3490. The number of benzene rings is 11. The summed E-state index contributed by atoms with van der Waals surface area (Å²) in [4.78, 5) is 0. The van der Waals surface area contributed by atoms with E-state index in [0.29, 0.717) is 0 Å². The van der Waals surface area contributed by atoms with Crippen molar-refractivity contribution in [2.45, 2.75) is 0 Å². The summed E-state index contributed by atoms with van der Waals surface area (Å²) in [6.45, 7) is 0. The molecule has 0 amide bonds. The van der Waals surface area contributed by atoms with Gasteiger partial charge in [-0.3, -0.25) is 0 Å². The monoisotopic (exact) mass is 712 g/mol. The van der Waals surface area contributed by atoms with Crippen LogP contribution in [0.15, 0.2) is 194 Å². The zero-order chi connectivity index (χ0) is 36.0. The first kappa shape index (κ1) is 30.6. The zero-order valence-corrected chi connectivity index (χ0v) is 30.7. The largest absolute Gasteiger partial charge is 0.134 e. The van der Waals surface area contributed by atoms with Crippen molar-refractivity contribution in [2.75, 3.05) is 0 Å². The van der Waals surface area contributed by atoms with Gasteiger partial charge in [-0.25, -0.2) is 0 Å². The normalized spacial score (nSPS) is 12.0. The molecule has 0 saturated carbocycles. The van der Waals surface area contributed by atoms with Crippen molar-refractivity contribution < 1.29 is 0 Å². The lowest BCUT2D eigenvalue weighted by atomic mass is 9.83. The van der Waals surface area contributed by atoms with E-state index in [2.05, 4.69) is 194 Å². The van der Waals surface area contributed by atoms with E-state index in [1.807, 2.05) is 11.3 Å². The first-order chi connectivity index (χ1) is 27.3. The highest BCUT2D eigenvalue weighted by atomic mass is 32.1. The third-order valence-corrected chi connectivity index (χ3v) is 13.0. The second-order valence-corrected chi connectivity index (χ2v) is 15.7. The van der Waals surface area contributed by atoms with Gasteiger partial charge in [0.1, 0.15) is 0 Å². The molecule has 1 heteroatoms. The molecule has 0 bridgehead atoms. The minimum absolute atomic E-state index is 1.25. The fourth-order valence-corrected chi connectivity index (χ4v) is 10.8. The highest BCUT2D eigenvalue weighted by Crippen LogP contribution is 2.49. The summed E-state index contributed by atoms with van der Waals surface area (Å²) in [5.74, 6) is 0. The predicted octanol–water partition coefficient (Wildman–Crippen LogP) is 16.0. The molecule has 0 fully saturated rings. The maximum absolute atomic E-state index is 2.43. The van der Waals surface area contributed by atoms with Gasteiger partial charge in [0, 0.05) is 25.6 Å². The summed E-state index contributed by atoms with van der Waals surface area (Å²) in [5, 5.41) is 18.2. The van der Waals surface area contributed by atoms with Gasteiger partial charge in [-0.15, -0.1) is 11.3 Å². The lowest BCUT2D eigenvalue weighted by Crippen LogP contribution is -1.93. The molecule has 0 unspecified atom stereocenters. The zero-order valence-electron chi connectivity index (χ0n) is 29.9. The maximum atomic E-state index is 2.43. The Labute approximate surface area is 322 Å². The number of hydrogen-bond donors (Lipinski definition) is 0. The average molecular weight is 713 g/mol. The molecule has 0 aliphatic carbocycles. The van der Waals surface area contributed by atoms with Crippen LogP contribution in [0.4, 0.5) is 0 Å². The summed E-state index contributed by atoms with van der Waals surface area (Å²) >= 11 is 1.92. The van der Waals surface area contributed by atoms with Crippen LogP contribution in [-0.4, -0.2) is 0 Å². The Morgan fingerprint density at radius 1 is 0.273 bits per heavy atom. The fraction of sp³-hybridized carbons (Fsp3) is 0. The summed E-state index contributed by atoms with van der Waals surface area (Å²) in [6, 6.07) is 72.1. The van der Waals surface area contributed by atoms with Crippen molar-refractivity contribution in [3.63, 3.8) is 0 Å². The number of thiophene rings is 1. The van der Waals surface area contributed by atoms with E-state index in [1.54, 1.807) is 0 Å². The molecule has 0 aliphatic rings. The first-order valence-electron chi connectivity index (χ1n) is 19.0. The van der Waals surface area contributed by atoms with Crippen molar-refractivity contribution in [1.29, 1.82) is 0 Å². The third-order valence-electron chi connectivity index (χ3n) is 11.8. The molecule has 1 aromatic heterocycles. The minimum Gasteiger partial charge on any atom is -0.134 e. The Hall–Kier alpha value is -6.80. The molecule has 0 aliphatic heterocycles. The van der Waals surface area contributed by atoms with Crippen molar-refractivity contribution in [3.8, 4) is 33.4 Å². The van der Waals surface area contributed by atoms with Crippen molar-refractivity contribution in [1.82, 2.24) is 0 Å². The first-order valence-corrected chi connectivity index (χ1v) is 19.8. The molecule has 0 N–H and O–H groups in total. The predicted molar refractivity (Wildman–Crippen MR) is 241 cm³/mol. The lowest BCUT2D eigenvalue weighted by Gasteiger charge is -2.20. The molecule has 254 valence electrons. The molecular weight excluding hydrogens is 681 g/mol. The minimum atomic E-state index is 1.25. The number of fused-ring (bicyclic) bond motifs is 12. The Morgan fingerprint density at radius 3 is 1.38 bits per heavy atom. The van der Waals surface area contributed by atoms with E-state index < -0.39 is 0 Å². The molecule has 1 heterocycles. The van der Waals surface area contributed by atoms with Gasteiger partial charge in [0.05, 0.1) is 0 Å². The maximum Gasteiger partial charge on any atom is 0.0440 e. The van der Waals surface area contributed by atoms with Gasteiger partial charge in [0.15, 0.2) is 0 Å². The van der Waals surface area contributed by atoms with E-state index in [1.165, 1.54) is 118 Å². The molecule has 11 aromatic carbocycles. The number of rotatable bonds is 3. The molecule has 0 radical (unpaired) electrons. The highest BCUT2D eigenvalue weighted by Gasteiger charge is 2.21. The van der Waals surface area contributed by atoms with Crippen LogP contribution in [0.25, 0.3) is 118 Å². The van der Waals surface area contributed by atoms with E-state index in [-0.39, 0.29) is 0 Å². The van der Waals surface area contributed by atoms with Gasteiger partial charge in [-0.2, -0.15) is 0 Å². The molecule has 12 aromatic rings. The van der Waals surface area contributed by atoms with Crippen LogP contribution in [0.5, 0.6) is 0 Å². The van der Waals surface area contributed by atoms with Crippen LogP contribution in [0.2, 0.25) is 0 Å². The molecular formula is C54H32S. The second-order valence-electron chi connectivity index (χ2n) is 14.7. The average Bonchev–Trinajstić information content (AvgIpc) is 3.65. The lowest BCUT2D eigenvalue weighted by molar-refractivity contribution is 1.67. The SMILES string of the molecule is c1ccc2c(-c3c4ccccc4c(-c4ccc(-c5ccc6c(c5)sc5c7ccccc7c7ccccc7c65)c5ccccc45)c4ccccc34)cccc2c1.